The Kier molecular flexibility index (Phi) is 4.39. The van der Waals surface area contributed by atoms with Crippen LogP contribution in [0.25, 0.3) is 22.2 Å². The predicted octanol–water partition coefficient (Wildman–Crippen LogP) is 4.18. The third-order valence-electron chi connectivity index (χ3n) is 5.05. The Morgan fingerprint density at radius 3 is 2.63 bits per heavy atom. The summed E-state index contributed by atoms with van der Waals surface area (Å²) in [5, 5.41) is 4.39. The maximum Gasteiger partial charge on any atom is 0.134 e. The summed E-state index contributed by atoms with van der Waals surface area (Å²) >= 11 is 0. The van der Waals surface area contributed by atoms with E-state index in [2.05, 4.69) is 71.3 Å². The summed E-state index contributed by atoms with van der Waals surface area (Å²) in [4.78, 5) is 11.1. The molecule has 1 aromatic carbocycles. The first-order valence-electron chi connectivity index (χ1n) is 9.27. The first-order chi connectivity index (χ1) is 13.1. The Labute approximate surface area is 159 Å². The molecule has 0 spiro atoms. The van der Waals surface area contributed by atoms with Gasteiger partial charge in [0.05, 0.1) is 24.2 Å². The smallest absolute Gasteiger partial charge is 0.134 e. The van der Waals surface area contributed by atoms with E-state index >= 15 is 0 Å². The second-order valence-corrected chi connectivity index (χ2v) is 6.73. The molecule has 6 heteroatoms. The van der Waals surface area contributed by atoms with Crippen molar-refractivity contribution in [2.45, 2.75) is 26.8 Å². The molecule has 0 atom stereocenters. The zero-order valence-corrected chi connectivity index (χ0v) is 16.2. The van der Waals surface area contributed by atoms with Crippen LogP contribution in [0.1, 0.15) is 19.4 Å². The topological polar surface area (TPSA) is 51.8 Å². The molecule has 27 heavy (non-hydrogen) atoms. The predicted molar refractivity (Wildman–Crippen MR) is 109 cm³/mol. The van der Waals surface area contributed by atoms with Gasteiger partial charge in [-0.2, -0.15) is 5.10 Å². The summed E-state index contributed by atoms with van der Waals surface area (Å²) in [5.41, 5.74) is 6.78. The Bertz CT molecular complexity index is 1090. The molecule has 138 valence electrons. The molecule has 3 heterocycles. The lowest BCUT2D eigenvalue weighted by Crippen LogP contribution is -2.13. The minimum Gasteiger partial charge on any atom is -0.334 e. The number of imidazole rings is 1. The summed E-state index contributed by atoms with van der Waals surface area (Å²) in [7, 11) is 4.07. The fraction of sp³-hybridized carbons (Fsp3) is 0.286. The van der Waals surface area contributed by atoms with Crippen LogP contribution >= 0.6 is 0 Å². The lowest BCUT2D eigenvalue weighted by molar-refractivity contribution is 0.660. The second kappa shape index (κ2) is 6.87. The fourth-order valence-corrected chi connectivity index (χ4v) is 3.39. The molecule has 4 rings (SSSR count). The third-order valence-corrected chi connectivity index (χ3v) is 5.05. The van der Waals surface area contributed by atoms with Gasteiger partial charge in [0.1, 0.15) is 11.3 Å². The van der Waals surface area contributed by atoms with E-state index in [0.717, 1.165) is 41.1 Å². The van der Waals surface area contributed by atoms with Gasteiger partial charge >= 0.3 is 0 Å². The van der Waals surface area contributed by atoms with E-state index < -0.39 is 0 Å². The Balaban J connectivity index is 1.72. The van der Waals surface area contributed by atoms with Crippen LogP contribution in [0.3, 0.4) is 0 Å². The number of anilines is 2. The molecule has 0 saturated carbocycles. The second-order valence-electron chi connectivity index (χ2n) is 6.73. The molecular weight excluding hydrogens is 336 g/mol. The van der Waals surface area contributed by atoms with Gasteiger partial charge in [-0.15, -0.1) is 0 Å². The molecule has 0 unspecified atom stereocenters. The quantitative estimate of drug-likeness (QED) is 0.536. The van der Waals surface area contributed by atoms with E-state index in [1.54, 1.807) is 0 Å². The van der Waals surface area contributed by atoms with Gasteiger partial charge in [0.25, 0.3) is 0 Å². The highest BCUT2D eigenvalue weighted by Gasteiger charge is 2.13. The molecule has 3 aromatic heterocycles. The fourth-order valence-electron chi connectivity index (χ4n) is 3.39. The van der Waals surface area contributed by atoms with Gasteiger partial charge < -0.3 is 9.47 Å². The molecule has 0 fully saturated rings. The van der Waals surface area contributed by atoms with E-state index in [9.17, 15) is 0 Å². The Morgan fingerprint density at radius 2 is 1.89 bits per heavy atom. The van der Waals surface area contributed by atoms with Gasteiger partial charge in [0.15, 0.2) is 0 Å². The van der Waals surface area contributed by atoms with Gasteiger partial charge in [0.2, 0.25) is 0 Å². The Morgan fingerprint density at radius 1 is 1.04 bits per heavy atom. The van der Waals surface area contributed by atoms with Gasteiger partial charge in [-0.3, -0.25) is 4.68 Å². The van der Waals surface area contributed by atoms with Gasteiger partial charge in [-0.05, 0) is 36.6 Å². The number of benzene rings is 1. The molecule has 0 aliphatic heterocycles. The van der Waals surface area contributed by atoms with E-state index in [1.165, 1.54) is 11.1 Å². The highest BCUT2D eigenvalue weighted by Crippen LogP contribution is 2.31. The molecule has 6 nitrogen and oxygen atoms in total. The first kappa shape index (κ1) is 17.3. The number of hydrogen-bond acceptors (Lipinski definition) is 4. The molecule has 0 aliphatic rings. The molecule has 4 aromatic rings. The number of fused-ring (bicyclic) bond motifs is 1. The van der Waals surface area contributed by atoms with E-state index in [-0.39, 0.29) is 0 Å². The van der Waals surface area contributed by atoms with Crippen molar-refractivity contribution in [3.8, 4) is 11.1 Å². The summed E-state index contributed by atoms with van der Waals surface area (Å²) in [5.74, 6) is 0.910. The molecular formula is C21H24N6. The van der Waals surface area contributed by atoms with Crippen molar-refractivity contribution in [2.75, 3.05) is 11.9 Å². The minimum atomic E-state index is 0.879. The van der Waals surface area contributed by atoms with Crippen LogP contribution < -0.4 is 4.90 Å². The summed E-state index contributed by atoms with van der Waals surface area (Å²) in [6, 6.07) is 8.67. The maximum atomic E-state index is 4.60. The van der Waals surface area contributed by atoms with Crippen molar-refractivity contribution >= 4 is 22.5 Å². The van der Waals surface area contributed by atoms with Gasteiger partial charge in [0, 0.05) is 44.2 Å². The largest absolute Gasteiger partial charge is 0.334 e. The van der Waals surface area contributed by atoms with E-state index in [4.69, 9.17) is 0 Å². The monoisotopic (exact) mass is 360 g/mol. The Hall–Kier alpha value is -3.15. The highest BCUT2D eigenvalue weighted by atomic mass is 15.3. The van der Waals surface area contributed by atoms with Crippen LogP contribution in [0.5, 0.6) is 0 Å². The number of pyridine rings is 1. The number of hydrogen-bond donors (Lipinski definition) is 0. The number of aromatic nitrogens is 5. The van der Waals surface area contributed by atoms with Crippen LogP contribution in [0.2, 0.25) is 0 Å². The lowest BCUT2D eigenvalue weighted by atomic mass is 10.0. The van der Waals surface area contributed by atoms with Crippen LogP contribution in [0.15, 0.2) is 49.2 Å². The van der Waals surface area contributed by atoms with E-state index in [1.807, 2.05) is 35.0 Å². The van der Waals surface area contributed by atoms with Crippen molar-refractivity contribution in [2.24, 2.45) is 7.05 Å². The van der Waals surface area contributed by atoms with Crippen LogP contribution in [-0.4, -0.2) is 31.4 Å². The van der Waals surface area contributed by atoms with Crippen molar-refractivity contribution < 1.29 is 0 Å². The molecule has 0 N–H and O–H groups in total. The molecule has 0 amide bonds. The average Bonchev–Trinajstić information content (AvgIpc) is 3.33. The zero-order chi connectivity index (χ0) is 19.0. The van der Waals surface area contributed by atoms with Crippen molar-refractivity contribution in [1.29, 1.82) is 0 Å². The molecule has 0 saturated heterocycles. The van der Waals surface area contributed by atoms with Crippen LogP contribution in [0, 0.1) is 0 Å². The molecule has 0 radical (unpaired) electrons. The summed E-state index contributed by atoms with van der Waals surface area (Å²) in [6.45, 7) is 5.16. The molecule has 0 bridgehead atoms. The SMILES string of the molecule is CCc1cc(-c2cnn(CC)c2)ccc1N(C)c1cc2c(cn1)ncn2C. The standard InChI is InChI=1S/C21H24N6/c1-5-15-9-16(17-11-24-27(6-2)13-17)7-8-19(15)26(4)21-10-20-18(12-22-21)23-14-25(20)3/h7-14H,5-6H2,1-4H3. The van der Waals surface area contributed by atoms with Crippen molar-refractivity contribution in [1.82, 2.24) is 24.3 Å². The van der Waals surface area contributed by atoms with E-state index in [0.29, 0.717) is 0 Å². The first-order valence-corrected chi connectivity index (χ1v) is 9.27. The average molecular weight is 360 g/mol. The normalized spacial score (nSPS) is 11.3. The number of aryl methyl sites for hydroxylation is 3. The van der Waals surface area contributed by atoms with Crippen molar-refractivity contribution in [3.05, 3.63) is 54.7 Å². The zero-order valence-electron chi connectivity index (χ0n) is 16.2. The number of nitrogens with zero attached hydrogens (tertiary/aromatic N) is 6. The molecule has 0 aliphatic carbocycles. The third kappa shape index (κ3) is 3.07. The van der Waals surface area contributed by atoms with Crippen molar-refractivity contribution in [3.63, 3.8) is 0 Å². The maximum absolute atomic E-state index is 4.60. The van der Waals surface area contributed by atoms with Crippen LogP contribution in [0.4, 0.5) is 11.5 Å². The summed E-state index contributed by atoms with van der Waals surface area (Å²) < 4.78 is 3.97. The lowest BCUT2D eigenvalue weighted by Gasteiger charge is -2.22. The highest BCUT2D eigenvalue weighted by molar-refractivity contribution is 5.79. The van der Waals surface area contributed by atoms with Crippen LogP contribution in [-0.2, 0) is 20.0 Å². The van der Waals surface area contributed by atoms with Gasteiger partial charge in [-0.1, -0.05) is 13.0 Å². The minimum absolute atomic E-state index is 0.879. The number of rotatable bonds is 5. The summed E-state index contributed by atoms with van der Waals surface area (Å²) in [6.07, 6.45) is 8.62. The van der Waals surface area contributed by atoms with Gasteiger partial charge in [-0.25, -0.2) is 9.97 Å².